The zero-order chi connectivity index (χ0) is 21.5. The Hall–Kier alpha value is -3.58. The summed E-state index contributed by atoms with van der Waals surface area (Å²) in [6.07, 6.45) is 2.86. The lowest BCUT2D eigenvalue weighted by Crippen LogP contribution is -2.24. The van der Waals surface area contributed by atoms with E-state index in [0.717, 1.165) is 11.1 Å². The van der Waals surface area contributed by atoms with Crippen molar-refractivity contribution < 1.29 is 23.5 Å². The average Bonchev–Trinajstić information content (AvgIpc) is 3.27. The fraction of sp³-hybridized carbons (Fsp3) is 0.136. The molecule has 0 saturated heterocycles. The molecule has 7 nitrogen and oxygen atoms in total. The van der Waals surface area contributed by atoms with Crippen LogP contribution in [0.5, 0.6) is 11.5 Å². The number of nitrogens with one attached hydrogen (secondary N) is 1. The number of carbonyl (C=O) groups excluding carboxylic acids is 2. The summed E-state index contributed by atoms with van der Waals surface area (Å²) in [5.74, 6) is 0.0579. The Labute approximate surface area is 178 Å². The summed E-state index contributed by atoms with van der Waals surface area (Å²) in [7, 11) is 0. The van der Waals surface area contributed by atoms with Gasteiger partial charge in [0.25, 0.3) is 5.91 Å². The summed E-state index contributed by atoms with van der Waals surface area (Å²) in [5.41, 5.74) is 4.85. The highest BCUT2D eigenvalue weighted by Crippen LogP contribution is 2.25. The zero-order valence-corrected chi connectivity index (χ0v) is 17.1. The summed E-state index contributed by atoms with van der Waals surface area (Å²) in [4.78, 5) is 23.7. The SMILES string of the molecule is Cc1cc(OCC(=O)NN=Cc2ccc(OC(=O)c3ccco3)cc2)cc(C)c1Cl. The molecule has 8 heteroatoms. The first-order valence-electron chi connectivity index (χ1n) is 8.99. The molecule has 3 rings (SSSR count). The van der Waals surface area contributed by atoms with Gasteiger partial charge in [0.1, 0.15) is 11.5 Å². The Balaban J connectivity index is 1.46. The standard InChI is InChI=1S/C22H19ClN2O5/c1-14-10-18(11-15(2)21(14)23)29-13-20(26)25-24-12-16-5-7-17(8-6-16)30-22(27)19-4-3-9-28-19/h3-12H,13H2,1-2H3,(H,25,26). The first-order chi connectivity index (χ1) is 14.4. The first-order valence-corrected chi connectivity index (χ1v) is 9.37. The highest BCUT2D eigenvalue weighted by molar-refractivity contribution is 6.32. The molecule has 1 heterocycles. The number of benzene rings is 2. The van der Waals surface area contributed by atoms with E-state index in [0.29, 0.717) is 22.1 Å². The van der Waals surface area contributed by atoms with Crippen molar-refractivity contribution in [2.75, 3.05) is 6.61 Å². The van der Waals surface area contributed by atoms with Crippen LogP contribution >= 0.6 is 11.6 Å². The van der Waals surface area contributed by atoms with Crippen LogP contribution in [0.4, 0.5) is 0 Å². The Bertz CT molecular complexity index is 1040. The molecule has 154 valence electrons. The van der Waals surface area contributed by atoms with E-state index in [1.165, 1.54) is 18.5 Å². The van der Waals surface area contributed by atoms with Gasteiger partial charge in [-0.05, 0) is 79.1 Å². The second-order valence-corrected chi connectivity index (χ2v) is 6.77. The number of nitrogens with zero attached hydrogens (tertiary/aromatic N) is 1. The van der Waals surface area contributed by atoms with Crippen molar-refractivity contribution >= 4 is 29.7 Å². The van der Waals surface area contributed by atoms with E-state index in [9.17, 15) is 9.59 Å². The van der Waals surface area contributed by atoms with Crippen LogP contribution in [0.15, 0.2) is 64.3 Å². The number of hydrogen-bond acceptors (Lipinski definition) is 6. The molecule has 0 bridgehead atoms. The number of furan rings is 1. The molecule has 1 N–H and O–H groups in total. The van der Waals surface area contributed by atoms with Gasteiger partial charge in [-0.1, -0.05) is 11.6 Å². The topological polar surface area (TPSA) is 90.1 Å². The summed E-state index contributed by atoms with van der Waals surface area (Å²) in [6.45, 7) is 3.56. The quantitative estimate of drug-likeness (QED) is 0.263. The maximum Gasteiger partial charge on any atom is 0.379 e. The fourth-order valence-corrected chi connectivity index (χ4v) is 2.63. The largest absolute Gasteiger partial charge is 0.484 e. The van der Waals surface area contributed by atoms with Gasteiger partial charge in [-0.3, -0.25) is 4.79 Å². The minimum absolute atomic E-state index is 0.120. The van der Waals surface area contributed by atoms with E-state index in [4.69, 9.17) is 25.5 Å². The Morgan fingerprint density at radius 3 is 2.43 bits per heavy atom. The molecule has 0 spiro atoms. The van der Waals surface area contributed by atoms with Crippen LogP contribution in [0, 0.1) is 13.8 Å². The third-order valence-corrected chi connectivity index (χ3v) is 4.59. The molecule has 0 saturated carbocycles. The smallest absolute Gasteiger partial charge is 0.379 e. The predicted molar refractivity (Wildman–Crippen MR) is 112 cm³/mol. The zero-order valence-electron chi connectivity index (χ0n) is 16.3. The minimum atomic E-state index is -0.584. The van der Waals surface area contributed by atoms with Crippen LogP contribution in [0.1, 0.15) is 27.2 Å². The maximum atomic E-state index is 11.9. The molecule has 0 atom stereocenters. The van der Waals surface area contributed by atoms with Crippen molar-refractivity contribution in [3.05, 3.63) is 82.3 Å². The van der Waals surface area contributed by atoms with Crippen LogP contribution in [-0.4, -0.2) is 24.7 Å². The number of hydrogen-bond donors (Lipinski definition) is 1. The summed E-state index contributed by atoms with van der Waals surface area (Å²) < 4.78 is 15.6. The maximum absolute atomic E-state index is 11.9. The molecular formula is C22H19ClN2O5. The number of esters is 1. The third kappa shape index (κ3) is 5.71. The predicted octanol–water partition coefficient (Wildman–Crippen LogP) is 4.30. The number of rotatable bonds is 7. The molecule has 1 aromatic heterocycles. The average molecular weight is 427 g/mol. The molecule has 0 aliphatic rings. The first kappa shape index (κ1) is 21.1. The number of aryl methyl sites for hydroxylation is 2. The van der Waals surface area contributed by atoms with Crippen LogP contribution in [0.25, 0.3) is 0 Å². The Morgan fingerprint density at radius 2 is 1.80 bits per heavy atom. The van der Waals surface area contributed by atoms with Crippen LogP contribution in [-0.2, 0) is 4.79 Å². The van der Waals surface area contributed by atoms with Crippen molar-refractivity contribution in [1.29, 1.82) is 0 Å². The highest BCUT2D eigenvalue weighted by atomic mass is 35.5. The monoisotopic (exact) mass is 426 g/mol. The van der Waals surface area contributed by atoms with E-state index in [2.05, 4.69) is 10.5 Å². The van der Waals surface area contributed by atoms with Crippen LogP contribution < -0.4 is 14.9 Å². The molecule has 2 aromatic carbocycles. The van der Waals surface area contributed by atoms with Gasteiger partial charge in [0, 0.05) is 5.02 Å². The number of halogens is 1. The van der Waals surface area contributed by atoms with Crippen molar-refractivity contribution in [2.24, 2.45) is 5.10 Å². The Kier molecular flexibility index (Phi) is 6.87. The van der Waals surface area contributed by atoms with Crippen molar-refractivity contribution in [1.82, 2.24) is 5.43 Å². The number of ether oxygens (including phenoxy) is 2. The molecule has 0 unspecified atom stereocenters. The van der Waals surface area contributed by atoms with Gasteiger partial charge < -0.3 is 13.9 Å². The lowest BCUT2D eigenvalue weighted by atomic mass is 10.1. The van der Waals surface area contributed by atoms with E-state index in [-0.39, 0.29) is 12.4 Å². The third-order valence-electron chi connectivity index (χ3n) is 4.00. The van der Waals surface area contributed by atoms with Gasteiger partial charge in [0.05, 0.1) is 12.5 Å². The van der Waals surface area contributed by atoms with Gasteiger partial charge in [0.15, 0.2) is 6.61 Å². The second kappa shape index (κ2) is 9.76. The molecule has 1 amide bonds. The lowest BCUT2D eigenvalue weighted by Gasteiger charge is -2.09. The van der Waals surface area contributed by atoms with Gasteiger partial charge >= 0.3 is 5.97 Å². The minimum Gasteiger partial charge on any atom is -0.484 e. The second-order valence-electron chi connectivity index (χ2n) is 6.39. The summed E-state index contributed by atoms with van der Waals surface area (Å²) in [5, 5.41) is 4.56. The fourth-order valence-electron chi connectivity index (χ4n) is 2.52. The summed E-state index contributed by atoms with van der Waals surface area (Å²) in [6, 6.07) is 13.3. The number of carbonyl (C=O) groups is 2. The lowest BCUT2D eigenvalue weighted by molar-refractivity contribution is -0.123. The Morgan fingerprint density at radius 1 is 1.10 bits per heavy atom. The molecule has 0 aliphatic carbocycles. The number of amides is 1. The van der Waals surface area contributed by atoms with Crippen molar-refractivity contribution in [3.63, 3.8) is 0 Å². The van der Waals surface area contributed by atoms with E-state index >= 15 is 0 Å². The van der Waals surface area contributed by atoms with Gasteiger partial charge in [-0.15, -0.1) is 0 Å². The van der Waals surface area contributed by atoms with Gasteiger partial charge in [0.2, 0.25) is 5.76 Å². The van der Waals surface area contributed by atoms with Crippen molar-refractivity contribution in [3.8, 4) is 11.5 Å². The molecule has 0 aliphatic heterocycles. The normalized spacial score (nSPS) is 10.8. The molecular weight excluding hydrogens is 408 g/mol. The van der Waals surface area contributed by atoms with Gasteiger partial charge in [-0.2, -0.15) is 5.10 Å². The van der Waals surface area contributed by atoms with E-state index in [1.807, 2.05) is 13.8 Å². The van der Waals surface area contributed by atoms with E-state index in [1.54, 1.807) is 42.5 Å². The van der Waals surface area contributed by atoms with Crippen LogP contribution in [0.3, 0.4) is 0 Å². The van der Waals surface area contributed by atoms with Crippen molar-refractivity contribution in [2.45, 2.75) is 13.8 Å². The molecule has 30 heavy (non-hydrogen) atoms. The molecule has 0 fully saturated rings. The van der Waals surface area contributed by atoms with E-state index < -0.39 is 11.9 Å². The number of hydrazone groups is 1. The van der Waals surface area contributed by atoms with Crippen LogP contribution in [0.2, 0.25) is 5.02 Å². The molecule has 0 radical (unpaired) electrons. The highest BCUT2D eigenvalue weighted by Gasteiger charge is 2.11. The molecule has 3 aromatic rings. The van der Waals surface area contributed by atoms with Gasteiger partial charge in [-0.25, -0.2) is 10.2 Å². The summed E-state index contributed by atoms with van der Waals surface area (Å²) >= 11 is 6.11.